The Bertz CT molecular complexity index is 1310. The number of hydrogen-bond acceptors (Lipinski definition) is 4. The average molecular weight is 466 g/mol. The minimum Gasteiger partial charge on any atom is -0.398 e. The molecule has 1 heterocycles. The summed E-state index contributed by atoms with van der Waals surface area (Å²) in [6.45, 7) is 5.43. The maximum Gasteiger partial charge on any atom is 0.0395 e. The molecule has 0 aliphatic heterocycles. The molecule has 0 unspecified atom stereocenters. The predicted molar refractivity (Wildman–Crippen MR) is 149 cm³/mol. The third kappa shape index (κ3) is 7.93. The number of nitrogens with one attached hydrogen (secondary N) is 1. The van der Waals surface area contributed by atoms with Gasteiger partial charge in [0.15, 0.2) is 0 Å². The first-order valence-electron chi connectivity index (χ1n) is 11.1. The summed E-state index contributed by atoms with van der Waals surface area (Å²) >= 11 is 1.66. The highest BCUT2D eigenvalue weighted by molar-refractivity contribution is 7.07. The summed E-state index contributed by atoms with van der Waals surface area (Å²) in [5.41, 5.74) is 16.4. The van der Waals surface area contributed by atoms with E-state index in [0.29, 0.717) is 6.54 Å². The van der Waals surface area contributed by atoms with E-state index in [-0.39, 0.29) is 0 Å². The largest absolute Gasteiger partial charge is 0.398 e. The molecule has 4 heteroatoms. The number of hydrogen-bond donors (Lipinski definition) is 3. The number of benzene rings is 3. The van der Waals surface area contributed by atoms with Crippen molar-refractivity contribution in [2.24, 2.45) is 5.73 Å². The lowest BCUT2D eigenvalue weighted by atomic mass is 10.0. The monoisotopic (exact) mass is 465 g/mol. The Morgan fingerprint density at radius 1 is 0.735 bits per heavy atom. The Labute approximate surface area is 206 Å². The summed E-state index contributed by atoms with van der Waals surface area (Å²) in [5, 5.41) is 9.59. The number of nitrogen functional groups attached to an aromatic ring is 1. The molecule has 0 fully saturated rings. The minimum absolute atomic E-state index is 0.521. The SMILES string of the molecule is C=c1ccccscc/c1=C/NCc1ccc(-c2ccccc2)cc1.NCc1ccccc1N. The predicted octanol–water partition coefficient (Wildman–Crippen LogP) is 5.21. The molecule has 4 rings (SSSR count). The van der Waals surface area contributed by atoms with Crippen molar-refractivity contribution >= 4 is 29.8 Å². The fourth-order valence-electron chi connectivity index (χ4n) is 3.21. The van der Waals surface area contributed by atoms with Gasteiger partial charge in [-0.05, 0) is 55.6 Å². The van der Waals surface area contributed by atoms with E-state index < -0.39 is 0 Å². The van der Waals surface area contributed by atoms with Crippen molar-refractivity contribution in [2.45, 2.75) is 13.1 Å². The fraction of sp³-hybridized carbons (Fsp3) is 0.0667. The zero-order valence-corrected chi connectivity index (χ0v) is 20.0. The van der Waals surface area contributed by atoms with Crippen molar-refractivity contribution < 1.29 is 0 Å². The quantitative estimate of drug-likeness (QED) is 0.355. The molecule has 0 saturated carbocycles. The van der Waals surface area contributed by atoms with Crippen LogP contribution in [0, 0.1) is 0 Å². The fourth-order valence-corrected chi connectivity index (χ4v) is 3.71. The Hall–Kier alpha value is -3.86. The van der Waals surface area contributed by atoms with E-state index in [2.05, 4.69) is 71.9 Å². The Morgan fingerprint density at radius 3 is 2.12 bits per heavy atom. The van der Waals surface area contributed by atoms with Crippen LogP contribution in [0.4, 0.5) is 5.69 Å². The molecule has 34 heavy (non-hydrogen) atoms. The van der Waals surface area contributed by atoms with E-state index in [1.807, 2.05) is 60.1 Å². The zero-order valence-electron chi connectivity index (χ0n) is 19.2. The van der Waals surface area contributed by atoms with Crippen molar-refractivity contribution in [1.82, 2.24) is 5.32 Å². The molecule has 0 aliphatic carbocycles. The summed E-state index contributed by atoms with van der Waals surface area (Å²) in [6, 6.07) is 34.9. The molecule has 3 aromatic carbocycles. The highest BCUT2D eigenvalue weighted by Gasteiger charge is 1.96. The molecule has 4 aromatic rings. The maximum absolute atomic E-state index is 5.55. The summed E-state index contributed by atoms with van der Waals surface area (Å²) in [7, 11) is 0. The van der Waals surface area contributed by atoms with E-state index in [9.17, 15) is 0 Å². The van der Waals surface area contributed by atoms with Crippen LogP contribution < -0.4 is 27.2 Å². The van der Waals surface area contributed by atoms with E-state index in [1.54, 1.807) is 11.3 Å². The van der Waals surface area contributed by atoms with Crippen LogP contribution in [0.2, 0.25) is 0 Å². The number of para-hydroxylation sites is 1. The van der Waals surface area contributed by atoms with Crippen molar-refractivity contribution in [3.8, 4) is 11.1 Å². The van der Waals surface area contributed by atoms with Gasteiger partial charge in [-0.2, -0.15) is 11.3 Å². The second-order valence-electron chi connectivity index (χ2n) is 7.60. The molecule has 172 valence electrons. The maximum atomic E-state index is 5.55. The normalized spacial score (nSPS) is 10.6. The van der Waals surface area contributed by atoms with E-state index in [0.717, 1.165) is 28.2 Å². The van der Waals surface area contributed by atoms with Crippen LogP contribution in [0.25, 0.3) is 23.9 Å². The number of nitrogens with two attached hydrogens (primary N) is 2. The van der Waals surface area contributed by atoms with Crippen LogP contribution in [0.3, 0.4) is 0 Å². The molecule has 0 amide bonds. The van der Waals surface area contributed by atoms with Gasteiger partial charge in [0.25, 0.3) is 0 Å². The third-order valence-corrected chi connectivity index (χ3v) is 5.77. The van der Waals surface area contributed by atoms with Gasteiger partial charge < -0.3 is 16.8 Å². The van der Waals surface area contributed by atoms with Crippen LogP contribution in [0.5, 0.6) is 0 Å². The van der Waals surface area contributed by atoms with Gasteiger partial charge in [0.1, 0.15) is 0 Å². The van der Waals surface area contributed by atoms with Gasteiger partial charge in [0, 0.05) is 25.0 Å². The second-order valence-corrected chi connectivity index (χ2v) is 8.41. The summed E-state index contributed by atoms with van der Waals surface area (Å²) in [6.07, 6.45) is 2.03. The van der Waals surface area contributed by atoms with Crippen LogP contribution in [0.15, 0.2) is 114 Å². The van der Waals surface area contributed by atoms with Gasteiger partial charge in [-0.15, -0.1) is 0 Å². The molecule has 0 atom stereocenters. The molecular formula is C30H31N3S. The topological polar surface area (TPSA) is 64.1 Å². The minimum atomic E-state index is 0.521. The first-order valence-corrected chi connectivity index (χ1v) is 12.1. The van der Waals surface area contributed by atoms with Crippen molar-refractivity contribution in [1.29, 1.82) is 0 Å². The van der Waals surface area contributed by atoms with Gasteiger partial charge in [0.2, 0.25) is 0 Å². The van der Waals surface area contributed by atoms with Crippen LogP contribution in [-0.4, -0.2) is 0 Å². The molecule has 3 nitrogen and oxygen atoms in total. The zero-order chi connectivity index (χ0) is 24.0. The second kappa shape index (κ2) is 13.6. The lowest BCUT2D eigenvalue weighted by Gasteiger charge is -2.05. The Morgan fingerprint density at radius 2 is 1.41 bits per heavy atom. The highest BCUT2D eigenvalue weighted by atomic mass is 32.1. The van der Waals surface area contributed by atoms with Crippen LogP contribution >= 0.6 is 11.3 Å². The van der Waals surface area contributed by atoms with Gasteiger partial charge >= 0.3 is 0 Å². The van der Waals surface area contributed by atoms with E-state index in [4.69, 9.17) is 11.5 Å². The average Bonchev–Trinajstić information content (AvgIpc) is 2.98. The van der Waals surface area contributed by atoms with Gasteiger partial charge in [-0.25, -0.2) is 0 Å². The summed E-state index contributed by atoms with van der Waals surface area (Å²) < 4.78 is 0. The summed E-state index contributed by atoms with van der Waals surface area (Å²) in [5.74, 6) is 0. The van der Waals surface area contributed by atoms with Crippen molar-refractivity contribution in [2.75, 3.05) is 5.73 Å². The van der Waals surface area contributed by atoms with E-state index in [1.165, 1.54) is 16.7 Å². The molecule has 0 aliphatic rings. The first-order chi connectivity index (χ1) is 16.7. The molecule has 0 radical (unpaired) electrons. The number of rotatable bonds is 5. The van der Waals surface area contributed by atoms with Gasteiger partial charge in [-0.3, -0.25) is 0 Å². The molecule has 5 N–H and O–H groups in total. The molecule has 0 spiro atoms. The molecule has 0 saturated heterocycles. The Balaban J connectivity index is 0.000000302. The summed E-state index contributed by atoms with van der Waals surface area (Å²) in [4.78, 5) is 0. The Kier molecular flexibility index (Phi) is 9.93. The standard InChI is InChI=1S/C23H21NS.C7H10N2/c1-19-7-5-6-15-25-16-14-23(19)18-24-17-20-10-12-22(13-11-20)21-8-3-2-4-9-21;8-5-6-3-1-2-4-7(6)9/h2-16,18,24H,1,17H2;1-4H,5,8-9H2/b7-5?,15-6?,16-14?,23-18-;. The highest BCUT2D eigenvalue weighted by Crippen LogP contribution is 2.19. The number of anilines is 1. The molecule has 1 aromatic heterocycles. The lowest BCUT2D eigenvalue weighted by molar-refractivity contribution is 0.911. The lowest BCUT2D eigenvalue weighted by Crippen LogP contribution is -2.24. The van der Waals surface area contributed by atoms with Crippen molar-refractivity contribution in [3.05, 3.63) is 135 Å². The van der Waals surface area contributed by atoms with E-state index >= 15 is 0 Å². The van der Waals surface area contributed by atoms with Crippen LogP contribution in [0.1, 0.15) is 11.1 Å². The van der Waals surface area contributed by atoms with Crippen LogP contribution in [-0.2, 0) is 13.1 Å². The third-order valence-electron chi connectivity index (χ3n) is 5.16. The first kappa shape index (κ1) is 24.8. The molecule has 0 bridgehead atoms. The van der Waals surface area contributed by atoms with Gasteiger partial charge in [0.05, 0.1) is 0 Å². The van der Waals surface area contributed by atoms with Gasteiger partial charge in [-0.1, -0.05) is 97.6 Å². The molecular weight excluding hydrogens is 434 g/mol. The van der Waals surface area contributed by atoms with Crippen molar-refractivity contribution in [3.63, 3.8) is 0 Å². The smallest absolute Gasteiger partial charge is 0.0395 e.